The van der Waals surface area contributed by atoms with Gasteiger partial charge in [0.05, 0.1) is 5.39 Å². The van der Waals surface area contributed by atoms with Crippen LogP contribution in [0.15, 0.2) is 34.5 Å². The van der Waals surface area contributed by atoms with Gasteiger partial charge in [-0.15, -0.1) is 6.58 Å². The summed E-state index contributed by atoms with van der Waals surface area (Å²) >= 11 is 0. The zero-order chi connectivity index (χ0) is 11.9. The van der Waals surface area contributed by atoms with E-state index in [1.54, 1.807) is 30.0 Å². The zero-order valence-electron chi connectivity index (χ0n) is 9.30. The maximum Gasteiger partial charge on any atom is 0.332 e. The van der Waals surface area contributed by atoms with Crippen LogP contribution in [0.2, 0.25) is 0 Å². The predicted molar refractivity (Wildman–Crippen MR) is 62.6 cm³/mol. The minimum atomic E-state index is -0.320. The van der Waals surface area contributed by atoms with Crippen molar-refractivity contribution in [1.82, 2.24) is 13.7 Å². The molecule has 2 heterocycles. The van der Waals surface area contributed by atoms with Crippen LogP contribution in [0.3, 0.4) is 0 Å². The molecule has 0 aliphatic heterocycles. The van der Waals surface area contributed by atoms with Gasteiger partial charge in [0.1, 0.15) is 5.65 Å². The normalized spacial score (nSPS) is 10.9. The molecule has 0 atom stereocenters. The number of allylic oxidation sites excluding steroid dienone is 1. The van der Waals surface area contributed by atoms with Crippen molar-refractivity contribution in [2.45, 2.75) is 6.54 Å². The predicted octanol–water partition coefficient (Wildman–Crippen LogP) is 0.225. The summed E-state index contributed by atoms with van der Waals surface area (Å²) in [6.45, 7) is 4.00. The van der Waals surface area contributed by atoms with Gasteiger partial charge in [0.2, 0.25) is 0 Å². The summed E-state index contributed by atoms with van der Waals surface area (Å²) < 4.78 is 4.41. The Hall–Kier alpha value is -2.04. The summed E-state index contributed by atoms with van der Waals surface area (Å²) in [5.41, 5.74) is 0.0492. The average Bonchev–Trinajstić information content (AvgIpc) is 2.64. The highest BCUT2D eigenvalue weighted by atomic mass is 16.2. The third-order valence-electron chi connectivity index (χ3n) is 2.66. The molecule has 84 valence electrons. The van der Waals surface area contributed by atoms with Crippen LogP contribution in [0, 0.1) is 0 Å². The van der Waals surface area contributed by atoms with E-state index >= 15 is 0 Å². The molecule has 0 fully saturated rings. The van der Waals surface area contributed by atoms with E-state index in [1.165, 1.54) is 11.6 Å². The number of aryl methyl sites for hydroxylation is 1. The second kappa shape index (κ2) is 3.52. The van der Waals surface area contributed by atoms with E-state index in [4.69, 9.17) is 0 Å². The first-order valence-corrected chi connectivity index (χ1v) is 4.93. The molecule has 2 aromatic heterocycles. The van der Waals surface area contributed by atoms with Crippen molar-refractivity contribution in [3.63, 3.8) is 0 Å². The minimum Gasteiger partial charge on any atom is -0.337 e. The Bertz CT molecular complexity index is 673. The Balaban J connectivity index is 3.07. The number of aromatic nitrogens is 3. The van der Waals surface area contributed by atoms with Crippen LogP contribution in [-0.4, -0.2) is 13.7 Å². The molecule has 0 aliphatic rings. The lowest BCUT2D eigenvalue weighted by molar-refractivity contribution is 0.667. The van der Waals surface area contributed by atoms with Gasteiger partial charge in [-0.25, -0.2) is 4.79 Å². The second-order valence-corrected chi connectivity index (χ2v) is 3.71. The maximum absolute atomic E-state index is 11.9. The lowest BCUT2D eigenvalue weighted by Crippen LogP contribution is -2.38. The molecule has 16 heavy (non-hydrogen) atoms. The summed E-state index contributed by atoms with van der Waals surface area (Å²) in [7, 11) is 3.29. The van der Waals surface area contributed by atoms with E-state index in [9.17, 15) is 9.59 Å². The first-order chi connectivity index (χ1) is 7.57. The van der Waals surface area contributed by atoms with Crippen LogP contribution in [-0.2, 0) is 20.6 Å². The Morgan fingerprint density at radius 1 is 1.38 bits per heavy atom. The first-order valence-electron chi connectivity index (χ1n) is 4.93. The number of fused-ring (bicyclic) bond motifs is 1. The molecule has 5 heteroatoms. The minimum absolute atomic E-state index is 0.263. The van der Waals surface area contributed by atoms with Gasteiger partial charge in [-0.3, -0.25) is 13.9 Å². The molecule has 0 amide bonds. The quantitative estimate of drug-likeness (QED) is 0.679. The molecule has 0 saturated carbocycles. The topological polar surface area (TPSA) is 48.9 Å². The summed E-state index contributed by atoms with van der Waals surface area (Å²) in [5, 5.41) is 0.548. The highest BCUT2D eigenvalue weighted by Crippen LogP contribution is 2.08. The van der Waals surface area contributed by atoms with Crippen LogP contribution in [0.25, 0.3) is 11.0 Å². The van der Waals surface area contributed by atoms with E-state index in [2.05, 4.69) is 6.58 Å². The van der Waals surface area contributed by atoms with Crippen molar-refractivity contribution in [3.8, 4) is 0 Å². The van der Waals surface area contributed by atoms with Gasteiger partial charge < -0.3 is 4.57 Å². The Labute approximate surface area is 91.8 Å². The molecular formula is C11H13N3O2. The van der Waals surface area contributed by atoms with E-state index in [-0.39, 0.29) is 11.2 Å². The van der Waals surface area contributed by atoms with Crippen LogP contribution < -0.4 is 11.2 Å². The Kier molecular flexibility index (Phi) is 2.30. The van der Waals surface area contributed by atoms with Gasteiger partial charge >= 0.3 is 5.69 Å². The molecule has 5 nitrogen and oxygen atoms in total. The summed E-state index contributed by atoms with van der Waals surface area (Å²) in [6.07, 6.45) is 3.41. The van der Waals surface area contributed by atoms with Crippen LogP contribution >= 0.6 is 0 Å². The lowest BCUT2D eigenvalue weighted by Gasteiger charge is -2.08. The summed E-state index contributed by atoms with van der Waals surface area (Å²) in [6, 6.07) is 1.72. The van der Waals surface area contributed by atoms with Crippen molar-refractivity contribution in [3.05, 3.63) is 45.8 Å². The van der Waals surface area contributed by atoms with Gasteiger partial charge in [0, 0.05) is 26.8 Å². The fourth-order valence-corrected chi connectivity index (χ4v) is 1.86. The van der Waals surface area contributed by atoms with E-state index < -0.39 is 0 Å². The van der Waals surface area contributed by atoms with E-state index in [0.29, 0.717) is 17.6 Å². The zero-order valence-corrected chi connectivity index (χ0v) is 9.30. The van der Waals surface area contributed by atoms with Gasteiger partial charge in [-0.1, -0.05) is 6.08 Å². The van der Waals surface area contributed by atoms with Crippen LogP contribution in [0.1, 0.15) is 0 Å². The van der Waals surface area contributed by atoms with Gasteiger partial charge in [0.25, 0.3) is 5.56 Å². The monoisotopic (exact) mass is 219 g/mol. The smallest absolute Gasteiger partial charge is 0.332 e. The molecule has 0 aliphatic carbocycles. The lowest BCUT2D eigenvalue weighted by atomic mass is 10.4. The van der Waals surface area contributed by atoms with E-state index in [0.717, 1.165) is 4.57 Å². The molecule has 0 bridgehead atoms. The summed E-state index contributed by atoms with van der Waals surface area (Å²) in [5.74, 6) is 0. The molecule has 0 N–H and O–H groups in total. The molecule has 0 saturated heterocycles. The first kappa shape index (κ1) is 10.5. The number of hydrogen-bond acceptors (Lipinski definition) is 2. The van der Waals surface area contributed by atoms with Gasteiger partial charge in [-0.2, -0.15) is 0 Å². The maximum atomic E-state index is 11.9. The average molecular weight is 219 g/mol. The molecule has 2 aromatic rings. The standard InChI is InChI=1S/C11H13N3O2/c1-4-6-14-9-8(5-7-12(9)2)10(15)13(3)11(14)16/h4-5,7H,1,6H2,2-3H3. The van der Waals surface area contributed by atoms with Crippen molar-refractivity contribution in [2.75, 3.05) is 0 Å². The highest BCUT2D eigenvalue weighted by molar-refractivity contribution is 5.75. The highest BCUT2D eigenvalue weighted by Gasteiger charge is 2.11. The second-order valence-electron chi connectivity index (χ2n) is 3.71. The molecular weight excluding hydrogens is 206 g/mol. The summed E-state index contributed by atoms with van der Waals surface area (Å²) in [4.78, 5) is 23.7. The number of hydrogen-bond donors (Lipinski definition) is 0. The van der Waals surface area contributed by atoms with Crippen molar-refractivity contribution in [1.29, 1.82) is 0 Å². The Morgan fingerprint density at radius 2 is 2.06 bits per heavy atom. The van der Waals surface area contributed by atoms with Gasteiger partial charge in [-0.05, 0) is 6.07 Å². The van der Waals surface area contributed by atoms with Gasteiger partial charge in [0.15, 0.2) is 0 Å². The molecule has 0 aromatic carbocycles. The molecule has 0 radical (unpaired) electrons. The van der Waals surface area contributed by atoms with Crippen molar-refractivity contribution in [2.24, 2.45) is 14.1 Å². The molecule has 0 unspecified atom stereocenters. The Morgan fingerprint density at radius 3 is 2.69 bits per heavy atom. The van der Waals surface area contributed by atoms with Crippen molar-refractivity contribution >= 4 is 11.0 Å². The largest absolute Gasteiger partial charge is 0.337 e. The third-order valence-corrected chi connectivity index (χ3v) is 2.66. The number of rotatable bonds is 2. The number of nitrogens with zero attached hydrogens (tertiary/aromatic N) is 3. The SMILES string of the molecule is C=CCn1c(=O)n(C)c(=O)c2ccn(C)c21. The van der Waals surface area contributed by atoms with E-state index in [1.807, 2.05) is 0 Å². The fraction of sp³-hybridized carbons (Fsp3) is 0.273. The molecule has 2 rings (SSSR count). The fourth-order valence-electron chi connectivity index (χ4n) is 1.86. The molecule has 0 spiro atoms. The van der Waals surface area contributed by atoms with Crippen molar-refractivity contribution < 1.29 is 0 Å². The van der Waals surface area contributed by atoms with Crippen LogP contribution in [0.4, 0.5) is 0 Å². The van der Waals surface area contributed by atoms with Crippen LogP contribution in [0.5, 0.6) is 0 Å². The third kappa shape index (κ3) is 1.25.